The van der Waals surface area contributed by atoms with Crippen LogP contribution in [0.25, 0.3) is 0 Å². The average Bonchev–Trinajstić information content (AvgIpc) is 3.70. The topological polar surface area (TPSA) is 13.0 Å². The Morgan fingerprint density at radius 1 is 0.479 bits per heavy atom. The number of benzene rings is 6. The summed E-state index contributed by atoms with van der Waals surface area (Å²) in [5, 5.41) is 0. The molecule has 2 aliphatic heterocycles. The molecule has 4 nitrogen and oxygen atoms in total. The van der Waals surface area contributed by atoms with Crippen molar-refractivity contribution in [3.63, 3.8) is 0 Å². The summed E-state index contributed by atoms with van der Waals surface area (Å²) in [4.78, 5) is 9.07. The van der Waals surface area contributed by atoms with Gasteiger partial charge in [0.2, 0.25) is 0 Å². The molecule has 0 bridgehead atoms. The molecule has 0 unspecified atom stereocenters. The second kappa shape index (κ2) is 17.2. The number of para-hydroxylation sites is 8. The van der Waals surface area contributed by atoms with Gasteiger partial charge in [-0.2, -0.15) is 30.3 Å². The fraction of sp³-hybridized carbons (Fsp3) is 0.0263. The Morgan fingerprint density at radius 2 is 0.854 bits per heavy atom. The molecule has 8 rings (SSSR count). The van der Waals surface area contributed by atoms with E-state index in [1.54, 1.807) is 0 Å². The molecule has 10 heteroatoms. The van der Waals surface area contributed by atoms with Crippen LogP contribution in [0.5, 0.6) is 0 Å². The van der Waals surface area contributed by atoms with E-state index < -0.39 is 7.54 Å². The summed E-state index contributed by atoms with van der Waals surface area (Å²) < 4.78 is 29.0. The van der Waals surface area contributed by atoms with E-state index in [-0.39, 0.29) is 24.8 Å². The molecule has 0 saturated heterocycles. The fourth-order valence-corrected chi connectivity index (χ4v) is 5.50. The molecule has 0 fully saturated rings. The quantitative estimate of drug-likeness (QED) is 0.103. The van der Waals surface area contributed by atoms with E-state index in [1.807, 2.05) is 24.3 Å². The van der Waals surface area contributed by atoms with Gasteiger partial charge in [0.05, 0.1) is 11.4 Å². The predicted octanol–water partition coefficient (Wildman–Crippen LogP) is 7.71. The minimum Gasteiger partial charge on any atom is -1.00 e. The number of nitrogens with zero attached hydrogens (tertiary/aromatic N) is 4. The van der Waals surface area contributed by atoms with Crippen molar-refractivity contribution >= 4 is 53.0 Å². The van der Waals surface area contributed by atoms with Crippen molar-refractivity contribution in [1.29, 1.82) is 0 Å². The molecule has 0 saturated carbocycles. The molecule has 0 spiro atoms. The van der Waals surface area contributed by atoms with Gasteiger partial charge >= 0.3 is 7.54 Å². The van der Waals surface area contributed by atoms with Gasteiger partial charge in [-0.15, -0.1) is 12.4 Å². The van der Waals surface area contributed by atoms with E-state index in [9.17, 15) is 12.9 Å². The second-order valence-electron chi connectivity index (χ2n) is 10.3. The molecule has 1 radical (unpaired) electrons. The van der Waals surface area contributed by atoms with Crippen LogP contribution in [0.4, 0.5) is 58.4 Å². The van der Waals surface area contributed by atoms with Crippen LogP contribution >= 0.6 is 0 Å². The van der Waals surface area contributed by atoms with Crippen LogP contribution in [0.1, 0.15) is 0 Å². The van der Waals surface area contributed by atoms with Gasteiger partial charge in [0.15, 0.2) is 0 Å². The van der Waals surface area contributed by atoms with Gasteiger partial charge in [-0.1, -0.05) is 78.9 Å². The number of rotatable bonds is 4. The van der Waals surface area contributed by atoms with E-state index in [1.165, 1.54) is 34.1 Å². The van der Waals surface area contributed by atoms with Gasteiger partial charge in [-0.25, -0.2) is 0 Å². The van der Waals surface area contributed by atoms with E-state index in [4.69, 9.17) is 0 Å². The smallest absolute Gasteiger partial charge is 0.762 e. The zero-order valence-corrected chi connectivity index (χ0v) is 28.0. The van der Waals surface area contributed by atoms with E-state index >= 15 is 0 Å². The zero-order valence-electron chi connectivity index (χ0n) is 25.6. The summed E-state index contributed by atoms with van der Waals surface area (Å²) in [7, 11) is -3.67. The van der Waals surface area contributed by atoms with E-state index in [2.05, 4.69) is 172 Å². The minimum absolute atomic E-state index is 0. The number of fused-ring (bicyclic) bond motifs is 2. The first-order valence-corrected chi connectivity index (χ1v) is 14.8. The molecule has 6 aromatic rings. The standard InChI is InChI=1S/C19H16N2.C19H14N2.BF3.FH.Ir/c2*1-3-9-16(10-4-1)20-15-21(17-11-5-2-6-12-17)19-14-8-7-13-18(19)20;2-1(3)4;;/h1-14H,15H2;1-11,13-15H;;1H;/q;-2;;;/p-1. The number of hydrogen-bond acceptors (Lipinski definition) is 4. The van der Waals surface area contributed by atoms with Crippen molar-refractivity contribution in [3.05, 3.63) is 177 Å². The minimum atomic E-state index is -3.67. The Labute approximate surface area is 292 Å². The Kier molecular flexibility index (Phi) is 12.8. The van der Waals surface area contributed by atoms with Crippen LogP contribution in [0.3, 0.4) is 0 Å². The third-order valence-electron chi connectivity index (χ3n) is 7.50. The SMILES string of the molecule is FB(F)F.[F-].[Ir].[c-]1ccccc1N1[CH-]N(c2ccccc2)c2ccccc21.c1ccc(N2CN(c3ccccc3)c3ccccc32)cc1. The van der Waals surface area contributed by atoms with Gasteiger partial charge in [-0.3, -0.25) is 12.9 Å². The third-order valence-corrected chi connectivity index (χ3v) is 7.50. The molecule has 0 aliphatic carbocycles. The first-order valence-electron chi connectivity index (χ1n) is 14.8. The van der Waals surface area contributed by atoms with Gasteiger partial charge in [0.1, 0.15) is 6.67 Å². The fourth-order valence-electron chi connectivity index (χ4n) is 5.50. The number of hydrogen-bond donors (Lipinski definition) is 0. The van der Waals surface area contributed by atoms with Crippen LogP contribution in [-0.4, -0.2) is 14.2 Å². The molecule has 48 heavy (non-hydrogen) atoms. The van der Waals surface area contributed by atoms with Crippen molar-refractivity contribution < 1.29 is 37.8 Å². The molecule has 2 aliphatic rings. The molecule has 0 N–H and O–H groups in total. The van der Waals surface area contributed by atoms with Crippen LogP contribution in [0.2, 0.25) is 0 Å². The Balaban J connectivity index is 0.000000188. The summed E-state index contributed by atoms with van der Waals surface area (Å²) >= 11 is 0. The first-order chi connectivity index (χ1) is 22.6. The summed E-state index contributed by atoms with van der Waals surface area (Å²) in [6, 6.07) is 59.8. The average molecular weight is 822 g/mol. The van der Waals surface area contributed by atoms with Gasteiger partial charge in [0.25, 0.3) is 0 Å². The maximum absolute atomic E-state index is 9.67. The van der Waals surface area contributed by atoms with Crippen LogP contribution in [0, 0.1) is 12.7 Å². The van der Waals surface area contributed by atoms with Crippen molar-refractivity contribution in [1.82, 2.24) is 0 Å². The van der Waals surface area contributed by atoms with Crippen LogP contribution in [0.15, 0.2) is 164 Å². The molecule has 2 heterocycles. The number of anilines is 8. The third kappa shape index (κ3) is 8.26. The molecule has 0 atom stereocenters. The monoisotopic (exact) mass is 822 g/mol. The molecular formula is C38H30BF4IrN4-3. The summed E-state index contributed by atoms with van der Waals surface area (Å²) in [6.07, 6.45) is 0. The van der Waals surface area contributed by atoms with E-state index in [0.717, 1.165) is 18.0 Å². The van der Waals surface area contributed by atoms with Gasteiger partial charge in [-0.05, 0) is 60.7 Å². The molecule has 6 aromatic carbocycles. The van der Waals surface area contributed by atoms with Crippen molar-refractivity contribution in [2.45, 2.75) is 0 Å². The van der Waals surface area contributed by atoms with Gasteiger partial charge < -0.3 is 24.3 Å². The Morgan fingerprint density at radius 3 is 1.29 bits per heavy atom. The van der Waals surface area contributed by atoms with Crippen LogP contribution in [-0.2, 0) is 20.1 Å². The zero-order chi connectivity index (χ0) is 31.7. The van der Waals surface area contributed by atoms with E-state index in [0.29, 0.717) is 0 Å². The Bertz CT molecular complexity index is 1560. The summed E-state index contributed by atoms with van der Waals surface area (Å²) in [6.45, 7) is 2.96. The molecule has 245 valence electrons. The first kappa shape index (κ1) is 35.8. The number of halogens is 4. The second-order valence-corrected chi connectivity index (χ2v) is 10.3. The van der Waals surface area contributed by atoms with Gasteiger partial charge in [0, 0.05) is 48.5 Å². The summed E-state index contributed by atoms with van der Waals surface area (Å²) in [5.74, 6) is 0. The molecule has 0 aromatic heterocycles. The van der Waals surface area contributed by atoms with Crippen LogP contribution < -0.4 is 24.3 Å². The summed E-state index contributed by atoms with van der Waals surface area (Å²) in [5.41, 5.74) is 9.52. The Hall–Kier alpha value is -5.05. The maximum Gasteiger partial charge on any atom is 0.762 e. The maximum atomic E-state index is 9.67. The molecular weight excluding hydrogens is 791 g/mol. The normalized spacial score (nSPS) is 12.2. The molecule has 0 amide bonds. The largest absolute Gasteiger partial charge is 1.00 e. The van der Waals surface area contributed by atoms with Crippen molar-refractivity contribution in [2.24, 2.45) is 0 Å². The van der Waals surface area contributed by atoms with Crippen molar-refractivity contribution in [3.8, 4) is 0 Å². The van der Waals surface area contributed by atoms with Crippen molar-refractivity contribution in [2.75, 3.05) is 26.3 Å². The predicted molar refractivity (Wildman–Crippen MR) is 184 cm³/mol.